The molecular formula is C12H19BrN2O4S. The normalized spacial score (nSPS) is 17.5. The van der Waals surface area contributed by atoms with Gasteiger partial charge < -0.3 is 14.5 Å². The second-order valence-electron chi connectivity index (χ2n) is 4.79. The van der Waals surface area contributed by atoms with Crippen molar-refractivity contribution in [2.75, 3.05) is 26.8 Å². The number of hydrogen-bond acceptors (Lipinski definition) is 5. The number of nitrogens with one attached hydrogen (secondary N) is 2. The molecule has 2 heterocycles. The summed E-state index contributed by atoms with van der Waals surface area (Å²) in [6.07, 6.45) is 1.78. The molecule has 2 rings (SSSR count). The summed E-state index contributed by atoms with van der Waals surface area (Å²) < 4.78 is 38.0. The van der Waals surface area contributed by atoms with Crippen LogP contribution < -0.4 is 10.0 Å². The van der Waals surface area contributed by atoms with Crippen molar-refractivity contribution in [3.8, 4) is 0 Å². The minimum absolute atomic E-state index is 0.148. The number of halogens is 1. The summed E-state index contributed by atoms with van der Waals surface area (Å²) in [5.41, 5.74) is 0. The summed E-state index contributed by atoms with van der Waals surface area (Å²) in [4.78, 5) is 0.148. The molecule has 6 nitrogen and oxygen atoms in total. The third kappa shape index (κ3) is 4.05. The lowest BCUT2D eigenvalue weighted by Gasteiger charge is -2.21. The van der Waals surface area contributed by atoms with Gasteiger partial charge in [-0.1, -0.05) is 0 Å². The molecule has 8 heteroatoms. The second-order valence-corrected chi connectivity index (χ2v) is 7.24. The summed E-state index contributed by atoms with van der Waals surface area (Å²) in [6, 6.07) is 1.53. The van der Waals surface area contributed by atoms with Gasteiger partial charge in [0.15, 0.2) is 4.67 Å². The average molecular weight is 367 g/mol. The van der Waals surface area contributed by atoms with Gasteiger partial charge >= 0.3 is 0 Å². The van der Waals surface area contributed by atoms with Crippen molar-refractivity contribution in [1.82, 2.24) is 10.0 Å². The Kier molecular flexibility index (Phi) is 5.62. The largest absolute Gasteiger partial charge is 0.452 e. The lowest BCUT2D eigenvalue weighted by atomic mass is 10.0. The fourth-order valence-corrected chi connectivity index (χ4v) is 4.21. The van der Waals surface area contributed by atoms with Crippen molar-refractivity contribution < 1.29 is 17.6 Å². The molecule has 0 amide bonds. The first-order valence-electron chi connectivity index (χ1n) is 6.53. The van der Waals surface area contributed by atoms with Gasteiger partial charge in [-0.3, -0.25) is 0 Å². The lowest BCUT2D eigenvalue weighted by Crippen LogP contribution is -2.32. The van der Waals surface area contributed by atoms with Crippen LogP contribution in [-0.2, 0) is 21.3 Å². The van der Waals surface area contributed by atoms with Crippen molar-refractivity contribution in [1.29, 1.82) is 0 Å². The van der Waals surface area contributed by atoms with Crippen LogP contribution in [0.1, 0.15) is 18.6 Å². The third-order valence-corrected chi connectivity index (χ3v) is 5.53. The number of ether oxygens (including phenoxy) is 1. The molecule has 1 aromatic rings. The highest BCUT2D eigenvalue weighted by Crippen LogP contribution is 2.26. The average Bonchev–Trinajstić information content (AvgIpc) is 2.80. The van der Waals surface area contributed by atoms with E-state index in [1.165, 1.54) is 6.07 Å². The van der Waals surface area contributed by atoms with Crippen LogP contribution in [0.2, 0.25) is 0 Å². The van der Waals surface area contributed by atoms with Gasteiger partial charge in [0.25, 0.3) is 0 Å². The zero-order chi connectivity index (χ0) is 14.6. The predicted molar refractivity (Wildman–Crippen MR) is 77.9 cm³/mol. The topological polar surface area (TPSA) is 80.6 Å². The monoisotopic (exact) mass is 366 g/mol. The van der Waals surface area contributed by atoms with Crippen molar-refractivity contribution in [2.24, 2.45) is 5.92 Å². The van der Waals surface area contributed by atoms with E-state index in [2.05, 4.69) is 26.0 Å². The SMILES string of the molecule is CNCc1cc(S(=O)(=O)NCC2CCOCC2)c(Br)o1. The smallest absolute Gasteiger partial charge is 0.244 e. The molecule has 0 aromatic carbocycles. The van der Waals surface area contributed by atoms with Gasteiger partial charge in [0.2, 0.25) is 10.0 Å². The summed E-state index contributed by atoms with van der Waals surface area (Å²) in [5, 5.41) is 2.92. The number of rotatable bonds is 6. The molecule has 0 spiro atoms. The fraction of sp³-hybridized carbons (Fsp3) is 0.667. The lowest BCUT2D eigenvalue weighted by molar-refractivity contribution is 0.0678. The first kappa shape index (κ1) is 16.0. The maximum absolute atomic E-state index is 12.3. The minimum Gasteiger partial charge on any atom is -0.452 e. The molecule has 0 saturated carbocycles. The van der Waals surface area contributed by atoms with E-state index in [0.717, 1.165) is 12.8 Å². The predicted octanol–water partition coefficient (Wildman–Crippen LogP) is 1.47. The first-order valence-corrected chi connectivity index (χ1v) is 8.81. The van der Waals surface area contributed by atoms with Crippen LogP contribution >= 0.6 is 15.9 Å². The van der Waals surface area contributed by atoms with E-state index in [4.69, 9.17) is 9.15 Å². The van der Waals surface area contributed by atoms with Gasteiger partial charge in [-0.25, -0.2) is 13.1 Å². The standard InChI is InChI=1S/C12H19BrN2O4S/c1-14-8-10-6-11(12(13)19-10)20(16,17)15-7-9-2-4-18-5-3-9/h6,9,14-15H,2-5,7-8H2,1H3. The van der Waals surface area contributed by atoms with E-state index >= 15 is 0 Å². The van der Waals surface area contributed by atoms with Crippen LogP contribution in [0.5, 0.6) is 0 Å². The summed E-state index contributed by atoms with van der Waals surface area (Å²) >= 11 is 3.16. The molecular weight excluding hydrogens is 348 g/mol. The van der Waals surface area contributed by atoms with Crippen LogP contribution in [0.3, 0.4) is 0 Å². The Labute approximate surface area is 127 Å². The molecule has 2 N–H and O–H groups in total. The Hall–Kier alpha value is -0.410. The van der Waals surface area contributed by atoms with E-state index < -0.39 is 10.0 Å². The molecule has 0 aliphatic carbocycles. The van der Waals surface area contributed by atoms with Crippen LogP contribution in [-0.4, -0.2) is 35.2 Å². The van der Waals surface area contributed by atoms with E-state index in [1.807, 2.05) is 0 Å². The first-order chi connectivity index (χ1) is 9.53. The zero-order valence-electron chi connectivity index (χ0n) is 11.3. The highest BCUT2D eigenvalue weighted by Gasteiger charge is 2.24. The fourth-order valence-electron chi connectivity index (χ4n) is 2.10. The Morgan fingerprint density at radius 1 is 1.40 bits per heavy atom. The van der Waals surface area contributed by atoms with E-state index in [1.54, 1.807) is 7.05 Å². The zero-order valence-corrected chi connectivity index (χ0v) is 13.7. The highest BCUT2D eigenvalue weighted by molar-refractivity contribution is 9.10. The molecule has 1 saturated heterocycles. The van der Waals surface area contributed by atoms with Crippen molar-refractivity contribution >= 4 is 26.0 Å². The maximum Gasteiger partial charge on any atom is 0.244 e. The summed E-state index contributed by atoms with van der Waals surface area (Å²) in [5.74, 6) is 0.909. The second kappa shape index (κ2) is 7.04. The maximum atomic E-state index is 12.3. The molecule has 114 valence electrons. The van der Waals surface area contributed by atoms with Gasteiger partial charge in [-0.15, -0.1) is 0 Å². The van der Waals surface area contributed by atoms with Crippen LogP contribution in [0.4, 0.5) is 0 Å². The van der Waals surface area contributed by atoms with Crippen LogP contribution in [0, 0.1) is 5.92 Å². The summed E-state index contributed by atoms with van der Waals surface area (Å²) in [6.45, 7) is 2.32. The molecule has 1 fully saturated rings. The molecule has 0 unspecified atom stereocenters. The van der Waals surface area contributed by atoms with Crippen molar-refractivity contribution in [3.63, 3.8) is 0 Å². The Morgan fingerprint density at radius 2 is 2.10 bits per heavy atom. The molecule has 1 aromatic heterocycles. The van der Waals surface area contributed by atoms with Crippen molar-refractivity contribution in [2.45, 2.75) is 24.3 Å². The van der Waals surface area contributed by atoms with Crippen molar-refractivity contribution in [3.05, 3.63) is 16.5 Å². The molecule has 1 aliphatic rings. The van der Waals surface area contributed by atoms with Gasteiger partial charge in [0, 0.05) is 25.8 Å². The van der Waals surface area contributed by atoms with E-state index in [0.29, 0.717) is 38.0 Å². The summed E-state index contributed by atoms with van der Waals surface area (Å²) in [7, 11) is -1.78. The molecule has 0 atom stereocenters. The Morgan fingerprint density at radius 3 is 2.75 bits per heavy atom. The van der Waals surface area contributed by atoms with E-state index in [9.17, 15) is 8.42 Å². The number of sulfonamides is 1. The number of hydrogen-bond donors (Lipinski definition) is 2. The van der Waals surface area contributed by atoms with Gasteiger partial charge in [0.05, 0.1) is 6.54 Å². The van der Waals surface area contributed by atoms with Gasteiger partial charge in [-0.2, -0.15) is 0 Å². The molecule has 1 aliphatic heterocycles. The van der Waals surface area contributed by atoms with Crippen LogP contribution in [0.15, 0.2) is 20.0 Å². The molecule has 0 radical (unpaired) electrons. The third-order valence-electron chi connectivity index (χ3n) is 3.25. The highest BCUT2D eigenvalue weighted by atomic mass is 79.9. The molecule has 0 bridgehead atoms. The Bertz CT molecular complexity index is 538. The number of furan rings is 1. The Balaban J connectivity index is 2.01. The quantitative estimate of drug-likeness (QED) is 0.796. The van der Waals surface area contributed by atoms with Gasteiger partial charge in [-0.05, 0) is 41.7 Å². The minimum atomic E-state index is -3.55. The van der Waals surface area contributed by atoms with Crippen LogP contribution in [0.25, 0.3) is 0 Å². The van der Waals surface area contributed by atoms with E-state index in [-0.39, 0.29) is 9.56 Å². The van der Waals surface area contributed by atoms with Gasteiger partial charge in [0.1, 0.15) is 10.7 Å². The molecule has 20 heavy (non-hydrogen) atoms.